The van der Waals surface area contributed by atoms with Crippen molar-refractivity contribution < 1.29 is 13.9 Å². The third-order valence-electron chi connectivity index (χ3n) is 3.11. The Bertz CT molecular complexity index is 420. The second-order valence-electron chi connectivity index (χ2n) is 4.61. The zero-order valence-corrected chi connectivity index (χ0v) is 10.9. The number of halogens is 1. The Morgan fingerprint density at radius 2 is 2.16 bits per heavy atom. The van der Waals surface area contributed by atoms with Crippen LogP contribution in [0.2, 0.25) is 0 Å². The predicted molar refractivity (Wildman–Crippen MR) is 70.4 cm³/mol. The average Bonchev–Trinajstić information content (AvgIpc) is 2.40. The molecule has 1 heterocycles. The number of morpholine rings is 1. The Morgan fingerprint density at radius 3 is 2.89 bits per heavy atom. The van der Waals surface area contributed by atoms with E-state index in [4.69, 9.17) is 4.74 Å². The molecule has 0 bridgehead atoms. The van der Waals surface area contributed by atoms with Gasteiger partial charge in [0.05, 0.1) is 19.6 Å². The van der Waals surface area contributed by atoms with Gasteiger partial charge in [0.25, 0.3) is 0 Å². The fourth-order valence-corrected chi connectivity index (χ4v) is 2.07. The Balaban J connectivity index is 1.67. The summed E-state index contributed by atoms with van der Waals surface area (Å²) >= 11 is 0. The number of benzene rings is 1. The molecule has 0 aromatic heterocycles. The minimum absolute atomic E-state index is 0.0705. The van der Waals surface area contributed by atoms with E-state index < -0.39 is 0 Å². The summed E-state index contributed by atoms with van der Waals surface area (Å²) in [6.07, 6.45) is 0.223. The van der Waals surface area contributed by atoms with E-state index in [1.165, 1.54) is 12.1 Å². The second kappa shape index (κ2) is 7.21. The first-order valence-electron chi connectivity index (χ1n) is 6.55. The van der Waals surface area contributed by atoms with Crippen LogP contribution in [-0.4, -0.2) is 50.2 Å². The molecule has 1 aliphatic rings. The highest BCUT2D eigenvalue weighted by atomic mass is 19.1. The van der Waals surface area contributed by atoms with Gasteiger partial charge in [0.1, 0.15) is 5.82 Å². The van der Waals surface area contributed by atoms with E-state index in [2.05, 4.69) is 10.2 Å². The van der Waals surface area contributed by atoms with Gasteiger partial charge in [-0.2, -0.15) is 0 Å². The van der Waals surface area contributed by atoms with Gasteiger partial charge < -0.3 is 10.1 Å². The number of carbonyl (C=O) groups is 1. The van der Waals surface area contributed by atoms with Crippen LogP contribution in [0.25, 0.3) is 0 Å². The number of nitrogens with one attached hydrogen (secondary N) is 1. The van der Waals surface area contributed by atoms with Gasteiger partial charge in [-0.1, -0.05) is 12.1 Å². The van der Waals surface area contributed by atoms with Gasteiger partial charge in [-0.25, -0.2) is 4.39 Å². The van der Waals surface area contributed by atoms with Gasteiger partial charge in [0.2, 0.25) is 5.91 Å². The number of hydrogen-bond donors (Lipinski definition) is 1. The van der Waals surface area contributed by atoms with Crippen LogP contribution >= 0.6 is 0 Å². The van der Waals surface area contributed by atoms with Gasteiger partial charge in [-0.05, 0) is 17.7 Å². The summed E-state index contributed by atoms with van der Waals surface area (Å²) in [5, 5.41) is 2.85. The fraction of sp³-hybridized carbons (Fsp3) is 0.500. The molecule has 1 N–H and O–H groups in total. The predicted octanol–water partition coefficient (Wildman–Crippen LogP) is 0.817. The largest absolute Gasteiger partial charge is 0.379 e. The van der Waals surface area contributed by atoms with Crippen LogP contribution in [-0.2, 0) is 16.0 Å². The van der Waals surface area contributed by atoms with Crippen molar-refractivity contribution in [3.8, 4) is 0 Å². The standard InChI is InChI=1S/C14H19FN2O2/c15-13-3-1-2-12(10-13)11-14(18)16-4-5-17-6-8-19-9-7-17/h1-3,10H,4-9,11H2,(H,16,18). The van der Waals surface area contributed by atoms with Crippen molar-refractivity contribution in [1.29, 1.82) is 0 Å². The molecule has 1 saturated heterocycles. The lowest BCUT2D eigenvalue weighted by Gasteiger charge is -2.26. The van der Waals surface area contributed by atoms with E-state index in [1.807, 2.05) is 0 Å². The van der Waals surface area contributed by atoms with Crippen molar-refractivity contribution in [1.82, 2.24) is 10.2 Å². The Morgan fingerprint density at radius 1 is 1.37 bits per heavy atom. The van der Waals surface area contributed by atoms with E-state index in [1.54, 1.807) is 12.1 Å². The molecule has 0 spiro atoms. The molecule has 1 fully saturated rings. The molecular formula is C14H19FN2O2. The van der Waals surface area contributed by atoms with Crippen LogP contribution in [0.1, 0.15) is 5.56 Å². The van der Waals surface area contributed by atoms with Crippen LogP contribution in [0.5, 0.6) is 0 Å². The van der Waals surface area contributed by atoms with Crippen molar-refractivity contribution in [2.24, 2.45) is 0 Å². The smallest absolute Gasteiger partial charge is 0.224 e. The van der Waals surface area contributed by atoms with E-state index >= 15 is 0 Å². The summed E-state index contributed by atoms with van der Waals surface area (Å²) < 4.78 is 18.2. The zero-order chi connectivity index (χ0) is 13.5. The molecule has 0 atom stereocenters. The molecule has 1 aromatic carbocycles. The summed E-state index contributed by atoms with van der Waals surface area (Å²) in [6.45, 7) is 4.81. The zero-order valence-electron chi connectivity index (χ0n) is 10.9. The second-order valence-corrected chi connectivity index (χ2v) is 4.61. The average molecular weight is 266 g/mol. The molecule has 0 unspecified atom stereocenters. The summed E-state index contributed by atoms with van der Waals surface area (Å²) in [6, 6.07) is 6.14. The van der Waals surface area contributed by atoms with Crippen molar-refractivity contribution in [2.45, 2.75) is 6.42 Å². The molecule has 2 rings (SSSR count). The SMILES string of the molecule is O=C(Cc1cccc(F)c1)NCCN1CCOCC1. The molecule has 0 saturated carbocycles. The molecule has 104 valence electrons. The van der Waals surface area contributed by atoms with Gasteiger partial charge in [-0.3, -0.25) is 9.69 Å². The lowest BCUT2D eigenvalue weighted by atomic mass is 10.1. The van der Waals surface area contributed by atoms with E-state index in [0.717, 1.165) is 32.8 Å². The summed E-state index contributed by atoms with van der Waals surface area (Å²) in [7, 11) is 0. The topological polar surface area (TPSA) is 41.6 Å². The summed E-state index contributed by atoms with van der Waals surface area (Å²) in [5.41, 5.74) is 0.698. The maximum Gasteiger partial charge on any atom is 0.224 e. The minimum Gasteiger partial charge on any atom is -0.379 e. The molecular weight excluding hydrogens is 247 g/mol. The Kier molecular flexibility index (Phi) is 5.30. The summed E-state index contributed by atoms with van der Waals surface area (Å²) in [5.74, 6) is -0.377. The normalized spacial score (nSPS) is 16.3. The molecule has 1 aliphatic heterocycles. The van der Waals surface area contributed by atoms with E-state index in [-0.39, 0.29) is 18.1 Å². The maximum atomic E-state index is 13.0. The first kappa shape index (κ1) is 14.0. The molecule has 1 amide bonds. The number of carbonyl (C=O) groups excluding carboxylic acids is 1. The van der Waals surface area contributed by atoms with Gasteiger partial charge in [0, 0.05) is 26.2 Å². The molecule has 0 aliphatic carbocycles. The van der Waals surface area contributed by atoms with Crippen LogP contribution in [0.4, 0.5) is 4.39 Å². The molecule has 0 radical (unpaired) electrons. The first-order valence-corrected chi connectivity index (χ1v) is 6.55. The van der Waals surface area contributed by atoms with Crippen molar-refractivity contribution in [3.05, 3.63) is 35.6 Å². The lowest BCUT2D eigenvalue weighted by molar-refractivity contribution is -0.120. The molecule has 4 nitrogen and oxygen atoms in total. The van der Waals surface area contributed by atoms with E-state index in [9.17, 15) is 9.18 Å². The first-order chi connectivity index (χ1) is 9.24. The molecule has 1 aromatic rings. The highest BCUT2D eigenvalue weighted by Crippen LogP contribution is 2.04. The van der Waals surface area contributed by atoms with E-state index in [0.29, 0.717) is 12.1 Å². The van der Waals surface area contributed by atoms with Crippen LogP contribution in [0, 0.1) is 5.82 Å². The third kappa shape index (κ3) is 4.96. The summed E-state index contributed by atoms with van der Waals surface area (Å²) in [4.78, 5) is 13.9. The van der Waals surface area contributed by atoms with Crippen LogP contribution in [0.3, 0.4) is 0 Å². The number of hydrogen-bond acceptors (Lipinski definition) is 3. The Labute approximate surface area is 112 Å². The number of nitrogens with zero attached hydrogens (tertiary/aromatic N) is 1. The highest BCUT2D eigenvalue weighted by molar-refractivity contribution is 5.78. The molecule has 5 heteroatoms. The number of ether oxygens (including phenoxy) is 1. The monoisotopic (exact) mass is 266 g/mol. The highest BCUT2D eigenvalue weighted by Gasteiger charge is 2.10. The maximum absolute atomic E-state index is 13.0. The van der Waals surface area contributed by atoms with Crippen LogP contribution in [0.15, 0.2) is 24.3 Å². The van der Waals surface area contributed by atoms with Crippen LogP contribution < -0.4 is 5.32 Å². The third-order valence-corrected chi connectivity index (χ3v) is 3.11. The van der Waals surface area contributed by atoms with Gasteiger partial charge >= 0.3 is 0 Å². The van der Waals surface area contributed by atoms with Gasteiger partial charge in [-0.15, -0.1) is 0 Å². The molecule has 19 heavy (non-hydrogen) atoms. The fourth-order valence-electron chi connectivity index (χ4n) is 2.07. The quantitative estimate of drug-likeness (QED) is 0.858. The Hall–Kier alpha value is -1.46. The van der Waals surface area contributed by atoms with Crippen molar-refractivity contribution in [2.75, 3.05) is 39.4 Å². The minimum atomic E-state index is -0.307. The lowest BCUT2D eigenvalue weighted by Crippen LogP contribution is -2.41. The van der Waals surface area contributed by atoms with Gasteiger partial charge in [0.15, 0.2) is 0 Å². The number of amides is 1. The van der Waals surface area contributed by atoms with Crippen molar-refractivity contribution in [3.63, 3.8) is 0 Å². The number of rotatable bonds is 5. The van der Waals surface area contributed by atoms with Crippen molar-refractivity contribution >= 4 is 5.91 Å².